The molecule has 3 nitrogen and oxygen atoms in total. The Morgan fingerprint density at radius 3 is 2.68 bits per heavy atom. The lowest BCUT2D eigenvalue weighted by Gasteiger charge is -2.05. The number of aromatic amines is 1. The van der Waals surface area contributed by atoms with Gasteiger partial charge in [-0.15, -0.1) is 0 Å². The van der Waals surface area contributed by atoms with Gasteiger partial charge in [-0.05, 0) is 55.1 Å². The van der Waals surface area contributed by atoms with Crippen LogP contribution in [0.25, 0.3) is 11.0 Å². The fraction of sp³-hybridized carbons (Fsp3) is 0.278. The average molecular weight is 309 g/mol. The topological polar surface area (TPSA) is 40.7 Å². The molecule has 1 fully saturated rings. The molecule has 112 valence electrons. The van der Waals surface area contributed by atoms with Crippen molar-refractivity contribution in [1.82, 2.24) is 9.97 Å². The fourth-order valence-corrected chi connectivity index (χ4v) is 3.75. The lowest BCUT2D eigenvalue weighted by Crippen LogP contribution is -1.93. The minimum atomic E-state index is 0.627. The Bertz CT molecular complexity index is 760. The van der Waals surface area contributed by atoms with Crippen LogP contribution in [0.2, 0.25) is 0 Å². The van der Waals surface area contributed by atoms with Crippen LogP contribution >= 0.6 is 11.9 Å². The molecule has 0 amide bonds. The van der Waals surface area contributed by atoms with E-state index in [1.165, 1.54) is 36.4 Å². The van der Waals surface area contributed by atoms with Gasteiger partial charge in [0.15, 0.2) is 0 Å². The Kier molecular flexibility index (Phi) is 3.77. The summed E-state index contributed by atoms with van der Waals surface area (Å²) in [6.07, 6.45) is 5.22. The summed E-state index contributed by atoms with van der Waals surface area (Å²) in [7, 11) is 0. The second-order valence-electron chi connectivity index (χ2n) is 5.85. The number of anilines is 1. The summed E-state index contributed by atoms with van der Waals surface area (Å²) in [5.41, 5.74) is 3.29. The third kappa shape index (κ3) is 2.83. The molecule has 1 heterocycles. The molecule has 0 spiro atoms. The molecule has 2 N–H and O–H groups in total. The molecule has 3 aromatic rings. The number of aromatic nitrogens is 2. The molecule has 1 aliphatic carbocycles. The number of imidazole rings is 1. The quantitative estimate of drug-likeness (QED) is 0.639. The van der Waals surface area contributed by atoms with Crippen molar-refractivity contribution in [3.05, 3.63) is 54.4 Å². The van der Waals surface area contributed by atoms with Crippen LogP contribution in [0.4, 0.5) is 5.69 Å². The molecule has 4 rings (SSSR count). The number of benzene rings is 2. The maximum Gasteiger partial charge on any atom is 0.110 e. The normalized spacial score (nSPS) is 15.5. The van der Waals surface area contributed by atoms with Gasteiger partial charge in [-0.3, -0.25) is 0 Å². The summed E-state index contributed by atoms with van der Waals surface area (Å²) in [5, 5.41) is 0. The summed E-state index contributed by atoms with van der Waals surface area (Å²) < 4.78 is 3.40. The summed E-state index contributed by atoms with van der Waals surface area (Å²) >= 11 is 1.63. The molecule has 0 atom stereocenters. The van der Waals surface area contributed by atoms with Crippen molar-refractivity contribution in [1.29, 1.82) is 0 Å². The van der Waals surface area contributed by atoms with Gasteiger partial charge in [0.1, 0.15) is 5.82 Å². The molecular weight excluding hydrogens is 290 g/mol. The van der Waals surface area contributed by atoms with Crippen molar-refractivity contribution in [2.75, 3.05) is 4.72 Å². The number of nitrogens with one attached hydrogen (secondary N) is 2. The van der Waals surface area contributed by atoms with Gasteiger partial charge in [0.25, 0.3) is 0 Å². The maximum atomic E-state index is 4.76. The van der Waals surface area contributed by atoms with Crippen molar-refractivity contribution in [3.63, 3.8) is 0 Å². The van der Waals surface area contributed by atoms with Crippen LogP contribution in [0.15, 0.2) is 53.4 Å². The highest BCUT2D eigenvalue weighted by atomic mass is 32.2. The SMILES string of the molecule is c1ccc(SNc2ccc3nc(C4CCCC4)[nH]c3c2)cc1. The smallest absolute Gasteiger partial charge is 0.110 e. The van der Waals surface area contributed by atoms with Crippen LogP contribution in [-0.4, -0.2) is 9.97 Å². The van der Waals surface area contributed by atoms with E-state index in [1.807, 2.05) is 6.07 Å². The van der Waals surface area contributed by atoms with E-state index in [0.29, 0.717) is 5.92 Å². The maximum absolute atomic E-state index is 4.76. The predicted molar refractivity (Wildman–Crippen MR) is 93.2 cm³/mol. The second kappa shape index (κ2) is 6.05. The van der Waals surface area contributed by atoms with Gasteiger partial charge in [-0.25, -0.2) is 4.98 Å². The molecule has 0 saturated heterocycles. The molecule has 1 aromatic heterocycles. The number of nitrogens with zero attached hydrogens (tertiary/aromatic N) is 1. The van der Waals surface area contributed by atoms with Gasteiger partial charge >= 0.3 is 0 Å². The zero-order chi connectivity index (χ0) is 14.8. The molecule has 1 aliphatic rings. The minimum Gasteiger partial charge on any atom is -0.342 e. The van der Waals surface area contributed by atoms with Gasteiger partial charge < -0.3 is 9.71 Å². The van der Waals surface area contributed by atoms with Gasteiger partial charge in [-0.1, -0.05) is 31.0 Å². The van der Waals surface area contributed by atoms with Crippen molar-refractivity contribution in [3.8, 4) is 0 Å². The molecule has 0 bridgehead atoms. The van der Waals surface area contributed by atoms with Crippen molar-refractivity contribution in [2.24, 2.45) is 0 Å². The molecule has 22 heavy (non-hydrogen) atoms. The van der Waals surface area contributed by atoms with Crippen LogP contribution in [0.5, 0.6) is 0 Å². The van der Waals surface area contributed by atoms with Crippen LogP contribution in [-0.2, 0) is 0 Å². The number of hydrogen-bond acceptors (Lipinski definition) is 3. The van der Waals surface area contributed by atoms with E-state index in [4.69, 9.17) is 4.98 Å². The monoisotopic (exact) mass is 309 g/mol. The first kappa shape index (κ1) is 13.7. The Hall–Kier alpha value is -1.94. The minimum absolute atomic E-state index is 0.627. The summed E-state index contributed by atoms with van der Waals surface area (Å²) in [6, 6.07) is 16.7. The predicted octanol–water partition coefficient (Wildman–Crippen LogP) is 5.34. The van der Waals surface area contributed by atoms with Crippen molar-refractivity contribution >= 4 is 28.7 Å². The number of fused-ring (bicyclic) bond motifs is 1. The van der Waals surface area contributed by atoms with Gasteiger partial charge in [0.05, 0.1) is 11.0 Å². The highest BCUT2D eigenvalue weighted by Crippen LogP contribution is 2.33. The molecule has 0 aliphatic heterocycles. The molecule has 0 radical (unpaired) electrons. The third-order valence-electron chi connectivity index (χ3n) is 4.27. The van der Waals surface area contributed by atoms with E-state index in [0.717, 1.165) is 16.7 Å². The van der Waals surface area contributed by atoms with E-state index in [-0.39, 0.29) is 0 Å². The van der Waals surface area contributed by atoms with Crippen LogP contribution in [0.3, 0.4) is 0 Å². The lowest BCUT2D eigenvalue weighted by atomic mass is 10.1. The molecule has 0 unspecified atom stereocenters. The van der Waals surface area contributed by atoms with Gasteiger partial charge in [0, 0.05) is 16.5 Å². The van der Waals surface area contributed by atoms with Gasteiger partial charge in [-0.2, -0.15) is 0 Å². The summed E-state index contributed by atoms with van der Waals surface area (Å²) in [6.45, 7) is 0. The lowest BCUT2D eigenvalue weighted by molar-refractivity contribution is 0.681. The summed E-state index contributed by atoms with van der Waals surface area (Å²) in [4.78, 5) is 9.49. The molecule has 2 aromatic carbocycles. The van der Waals surface area contributed by atoms with Crippen LogP contribution in [0.1, 0.15) is 37.4 Å². The van der Waals surface area contributed by atoms with E-state index in [2.05, 4.69) is 52.2 Å². The first-order valence-electron chi connectivity index (χ1n) is 7.86. The van der Waals surface area contributed by atoms with E-state index in [9.17, 15) is 0 Å². The van der Waals surface area contributed by atoms with E-state index >= 15 is 0 Å². The fourth-order valence-electron chi connectivity index (χ4n) is 3.09. The van der Waals surface area contributed by atoms with Crippen molar-refractivity contribution in [2.45, 2.75) is 36.5 Å². The molecule has 4 heteroatoms. The summed E-state index contributed by atoms with van der Waals surface area (Å²) in [5.74, 6) is 1.79. The van der Waals surface area contributed by atoms with E-state index in [1.54, 1.807) is 11.9 Å². The zero-order valence-corrected chi connectivity index (χ0v) is 13.2. The first-order chi connectivity index (χ1) is 10.9. The third-order valence-corrected chi connectivity index (χ3v) is 5.12. The number of hydrogen-bond donors (Lipinski definition) is 2. The Balaban J connectivity index is 1.52. The second-order valence-corrected chi connectivity index (χ2v) is 6.73. The molecular formula is C18H19N3S. The highest BCUT2D eigenvalue weighted by Gasteiger charge is 2.20. The first-order valence-corrected chi connectivity index (χ1v) is 8.68. The van der Waals surface area contributed by atoms with E-state index < -0.39 is 0 Å². The standard InChI is InChI=1S/C18H19N3S/c1-2-8-15(9-3-1)22-21-14-10-11-16-17(12-14)20-18(19-16)13-6-4-5-7-13/h1-3,8-13,21H,4-7H2,(H,19,20). The van der Waals surface area contributed by atoms with Crippen molar-refractivity contribution < 1.29 is 0 Å². The van der Waals surface area contributed by atoms with Crippen LogP contribution < -0.4 is 4.72 Å². The number of rotatable bonds is 4. The number of H-pyrrole nitrogens is 1. The zero-order valence-electron chi connectivity index (χ0n) is 12.4. The average Bonchev–Trinajstić information content (AvgIpc) is 3.22. The molecule has 1 saturated carbocycles. The van der Waals surface area contributed by atoms with Crippen LogP contribution in [0, 0.1) is 0 Å². The highest BCUT2D eigenvalue weighted by molar-refractivity contribution is 8.00. The van der Waals surface area contributed by atoms with Gasteiger partial charge in [0.2, 0.25) is 0 Å². The largest absolute Gasteiger partial charge is 0.342 e. The Morgan fingerprint density at radius 1 is 1.05 bits per heavy atom. The Labute approximate surface area is 134 Å². The Morgan fingerprint density at radius 2 is 1.86 bits per heavy atom.